The summed E-state index contributed by atoms with van der Waals surface area (Å²) in [6.45, 7) is 12.5. The molecule has 1 amide bonds. The van der Waals surface area contributed by atoms with E-state index in [1.165, 1.54) is 7.11 Å². The zero-order chi connectivity index (χ0) is 32.1. The third-order valence-corrected chi connectivity index (χ3v) is 7.35. The minimum atomic E-state index is -3.99. The molecule has 0 aliphatic heterocycles. The van der Waals surface area contributed by atoms with Crippen LogP contribution >= 0.6 is 7.82 Å². The number of carbonyl (C=O) groups excluding carboxylic acids is 2. The third kappa shape index (κ3) is 14.3. The highest BCUT2D eigenvalue weighted by Gasteiger charge is 2.37. The Morgan fingerprint density at radius 3 is 2.12 bits per heavy atom. The summed E-state index contributed by atoms with van der Waals surface area (Å²) in [6, 6.07) is 13.2. The predicted octanol–water partition coefficient (Wildman–Crippen LogP) is 6.97. The molecule has 0 radical (unpaired) electrons. The van der Waals surface area contributed by atoms with Gasteiger partial charge in [-0.15, -0.1) is 0 Å². The first-order valence-electron chi connectivity index (χ1n) is 14.2. The van der Waals surface area contributed by atoms with Crippen molar-refractivity contribution in [2.75, 3.05) is 20.5 Å². The van der Waals surface area contributed by atoms with Gasteiger partial charge in [-0.25, -0.2) is 18.7 Å². The largest absolute Gasteiger partial charge is 0.490 e. The van der Waals surface area contributed by atoms with Crippen molar-refractivity contribution in [2.24, 2.45) is 0 Å². The van der Waals surface area contributed by atoms with Crippen molar-refractivity contribution in [2.45, 2.75) is 91.6 Å². The molecule has 240 valence electrons. The summed E-state index contributed by atoms with van der Waals surface area (Å²) in [7, 11) is -2.75. The fourth-order valence-corrected chi connectivity index (χ4v) is 5.28. The number of benzene rings is 2. The molecule has 2 aromatic rings. The molecule has 43 heavy (non-hydrogen) atoms. The van der Waals surface area contributed by atoms with E-state index in [9.17, 15) is 14.2 Å². The summed E-state index contributed by atoms with van der Waals surface area (Å²) in [5.41, 5.74) is -0.118. The van der Waals surface area contributed by atoms with Gasteiger partial charge in [0, 0.05) is 6.42 Å². The lowest BCUT2D eigenvalue weighted by Gasteiger charge is -2.30. The number of hydrogen-bond acceptors (Lipinski definition) is 10. The number of phosphoric ester groups is 1. The molecule has 2 rings (SSSR count). The van der Waals surface area contributed by atoms with Gasteiger partial charge in [-0.05, 0) is 71.2 Å². The molecular weight excluding hydrogens is 577 g/mol. The number of rotatable bonds is 16. The number of unbranched alkanes of at least 4 members (excludes halogenated alkanes) is 1. The van der Waals surface area contributed by atoms with Crippen molar-refractivity contribution in [3.8, 4) is 11.5 Å². The summed E-state index contributed by atoms with van der Waals surface area (Å²) >= 11 is 0. The van der Waals surface area contributed by atoms with E-state index in [0.717, 1.165) is 18.4 Å². The third-order valence-electron chi connectivity index (χ3n) is 5.39. The Morgan fingerprint density at radius 1 is 0.884 bits per heavy atom. The van der Waals surface area contributed by atoms with E-state index in [1.807, 2.05) is 37.3 Å². The maximum absolute atomic E-state index is 13.3. The molecule has 0 aliphatic carbocycles. The fraction of sp³-hybridized carbons (Fsp3) is 0.548. The van der Waals surface area contributed by atoms with Gasteiger partial charge in [0.05, 0.1) is 24.9 Å². The van der Waals surface area contributed by atoms with Gasteiger partial charge >= 0.3 is 19.9 Å². The molecule has 0 heterocycles. The smallest absolute Gasteiger partial charge is 0.478 e. The van der Waals surface area contributed by atoms with Crippen molar-refractivity contribution >= 4 is 19.9 Å². The molecule has 0 bridgehead atoms. The van der Waals surface area contributed by atoms with Crippen molar-refractivity contribution in [3.63, 3.8) is 0 Å². The lowest BCUT2D eigenvalue weighted by molar-refractivity contribution is -0.143. The van der Waals surface area contributed by atoms with Crippen LogP contribution in [-0.4, -0.2) is 49.8 Å². The van der Waals surface area contributed by atoms with Crippen LogP contribution in [-0.2, 0) is 45.4 Å². The second-order valence-corrected chi connectivity index (χ2v) is 13.2. The summed E-state index contributed by atoms with van der Waals surface area (Å²) < 4.78 is 52.1. The number of hydrogen-bond donors (Lipinski definition) is 1. The van der Waals surface area contributed by atoms with Crippen LogP contribution in [0.2, 0.25) is 0 Å². The van der Waals surface area contributed by atoms with Gasteiger partial charge in [0.1, 0.15) is 12.6 Å². The van der Waals surface area contributed by atoms with Gasteiger partial charge < -0.3 is 24.3 Å². The molecule has 2 aromatic carbocycles. The number of alkyl carbamates (subject to hydrolysis) is 1. The Balaban J connectivity index is 2.16. The number of nitrogens with one attached hydrogen (secondary N) is 1. The van der Waals surface area contributed by atoms with E-state index in [0.29, 0.717) is 23.7 Å². The van der Waals surface area contributed by atoms with Crippen LogP contribution in [0.1, 0.15) is 72.4 Å². The molecule has 1 N–H and O–H groups in total. The zero-order valence-electron chi connectivity index (χ0n) is 26.5. The average molecular weight is 624 g/mol. The van der Waals surface area contributed by atoms with Gasteiger partial charge in [-0.1, -0.05) is 49.7 Å². The zero-order valence-corrected chi connectivity index (χ0v) is 27.4. The van der Waals surface area contributed by atoms with E-state index in [2.05, 4.69) is 5.32 Å². The van der Waals surface area contributed by atoms with Gasteiger partial charge in [0.2, 0.25) is 6.79 Å². The number of esters is 1. The Morgan fingerprint density at radius 2 is 1.53 bits per heavy atom. The van der Waals surface area contributed by atoms with Gasteiger partial charge in [0.25, 0.3) is 0 Å². The van der Waals surface area contributed by atoms with E-state index in [4.69, 9.17) is 32.5 Å². The van der Waals surface area contributed by atoms with Gasteiger partial charge in [0.15, 0.2) is 11.5 Å². The SMILES string of the molecule is CCCCOc1cc(C[C@H](NC(=O)OCc2ccccc2)C(=O)OC)ccc1OCOP(=O)(OC(C)(C)C)OC(C)(C)C. The monoisotopic (exact) mass is 623 g/mol. The van der Waals surface area contributed by atoms with Gasteiger partial charge in [-0.2, -0.15) is 0 Å². The predicted molar refractivity (Wildman–Crippen MR) is 162 cm³/mol. The molecule has 12 heteroatoms. The van der Waals surface area contributed by atoms with Crippen molar-refractivity contribution in [1.82, 2.24) is 5.32 Å². The fourth-order valence-electron chi connectivity index (χ4n) is 3.61. The van der Waals surface area contributed by atoms with E-state index >= 15 is 0 Å². The Hall–Kier alpha value is -3.11. The second kappa shape index (κ2) is 16.7. The summed E-state index contributed by atoms with van der Waals surface area (Å²) in [5, 5.41) is 2.57. The maximum Gasteiger partial charge on any atom is 0.478 e. The standard InChI is InChI=1S/C31H46NO10P/c1-9-10-18-37-27-20-24(19-25(28(33)36-8)32-29(34)38-21-23-14-12-11-13-15-23)16-17-26(27)39-22-40-43(35,41-30(2,3)4)42-31(5,6)7/h11-17,20,25H,9-10,18-19,21-22H2,1-8H3,(H,32,34)/t25-/m0/s1. The van der Waals surface area contributed by atoms with Gasteiger partial charge in [-0.3, -0.25) is 9.05 Å². The van der Waals surface area contributed by atoms with E-state index < -0.39 is 43.9 Å². The minimum Gasteiger partial charge on any atom is -0.490 e. The van der Waals surface area contributed by atoms with Crippen LogP contribution in [0, 0.1) is 0 Å². The highest BCUT2D eigenvalue weighted by molar-refractivity contribution is 7.48. The summed E-state index contributed by atoms with van der Waals surface area (Å²) in [4.78, 5) is 25.0. The van der Waals surface area contributed by atoms with Crippen molar-refractivity contribution in [3.05, 3.63) is 59.7 Å². The number of phosphoric acid groups is 1. The first-order chi connectivity index (χ1) is 20.1. The molecular formula is C31H46NO10P. The van der Waals surface area contributed by atoms with Crippen LogP contribution in [0.3, 0.4) is 0 Å². The Labute approximate surface area is 255 Å². The molecule has 0 saturated heterocycles. The van der Waals surface area contributed by atoms with Crippen LogP contribution in [0.5, 0.6) is 11.5 Å². The highest BCUT2D eigenvalue weighted by Crippen LogP contribution is 2.55. The lowest BCUT2D eigenvalue weighted by atomic mass is 10.1. The van der Waals surface area contributed by atoms with Crippen molar-refractivity contribution < 1.29 is 46.7 Å². The summed E-state index contributed by atoms with van der Waals surface area (Å²) in [5.74, 6) is 0.0724. The number of ether oxygens (including phenoxy) is 4. The van der Waals surface area contributed by atoms with Crippen molar-refractivity contribution in [1.29, 1.82) is 0 Å². The number of carbonyl (C=O) groups is 2. The second-order valence-electron chi connectivity index (χ2n) is 11.7. The topological polar surface area (TPSA) is 128 Å². The van der Waals surface area contributed by atoms with Crippen LogP contribution in [0.4, 0.5) is 4.79 Å². The highest BCUT2D eigenvalue weighted by atomic mass is 31.2. The van der Waals surface area contributed by atoms with Crippen LogP contribution in [0.15, 0.2) is 48.5 Å². The molecule has 11 nitrogen and oxygen atoms in total. The number of methoxy groups -OCH3 is 1. The van der Waals surface area contributed by atoms with Crippen LogP contribution < -0.4 is 14.8 Å². The first-order valence-corrected chi connectivity index (χ1v) is 15.7. The average Bonchev–Trinajstić information content (AvgIpc) is 2.90. The van der Waals surface area contributed by atoms with E-state index in [-0.39, 0.29) is 13.0 Å². The molecule has 0 aliphatic rings. The summed E-state index contributed by atoms with van der Waals surface area (Å²) in [6.07, 6.45) is 1.06. The molecule has 0 fully saturated rings. The Bertz CT molecular complexity index is 1190. The normalized spacial score (nSPS) is 12.7. The molecule has 0 aromatic heterocycles. The van der Waals surface area contributed by atoms with Crippen LogP contribution in [0.25, 0.3) is 0 Å². The molecule has 0 unspecified atom stereocenters. The van der Waals surface area contributed by atoms with E-state index in [1.54, 1.807) is 59.7 Å². The minimum absolute atomic E-state index is 0.0542. The Kier molecular flexibility index (Phi) is 14.0. The first kappa shape index (κ1) is 36.1. The molecule has 0 saturated carbocycles. The molecule has 1 atom stereocenters. The molecule has 0 spiro atoms. The quantitative estimate of drug-likeness (QED) is 0.0906. The lowest BCUT2D eigenvalue weighted by Crippen LogP contribution is -2.43. The maximum atomic E-state index is 13.3. The number of amides is 1.